The molecule has 0 saturated heterocycles. The van der Waals surface area contributed by atoms with Gasteiger partial charge in [0.15, 0.2) is 0 Å². The van der Waals surface area contributed by atoms with E-state index in [1.807, 2.05) is 19.9 Å². The molecule has 0 aliphatic heterocycles. The third-order valence-electron chi connectivity index (χ3n) is 2.50. The molecule has 1 aromatic heterocycles. The van der Waals surface area contributed by atoms with E-state index in [1.165, 1.54) is 12.1 Å². The van der Waals surface area contributed by atoms with E-state index in [1.54, 1.807) is 12.3 Å². The molecule has 3 heteroatoms. The van der Waals surface area contributed by atoms with Crippen LogP contribution in [0.1, 0.15) is 11.1 Å². The molecular formula is C13H13FN2. The first kappa shape index (κ1) is 10.6. The van der Waals surface area contributed by atoms with Gasteiger partial charge < -0.3 is 5.73 Å². The number of hydrogen-bond donors (Lipinski definition) is 1. The minimum Gasteiger partial charge on any atom is -0.397 e. The predicted octanol–water partition coefficient (Wildman–Crippen LogP) is 3.09. The maximum atomic E-state index is 13.0. The van der Waals surface area contributed by atoms with Crippen molar-refractivity contribution in [1.82, 2.24) is 4.98 Å². The molecule has 0 fully saturated rings. The van der Waals surface area contributed by atoms with Gasteiger partial charge in [-0.15, -0.1) is 0 Å². The summed E-state index contributed by atoms with van der Waals surface area (Å²) in [5.41, 5.74) is 9.96. The normalized spacial score (nSPS) is 10.4. The quantitative estimate of drug-likeness (QED) is 0.795. The number of rotatable bonds is 1. The fourth-order valence-corrected chi connectivity index (χ4v) is 1.71. The van der Waals surface area contributed by atoms with Crippen LogP contribution in [-0.4, -0.2) is 4.98 Å². The average molecular weight is 216 g/mol. The topological polar surface area (TPSA) is 38.9 Å². The van der Waals surface area contributed by atoms with Crippen molar-refractivity contribution in [2.45, 2.75) is 13.8 Å². The lowest BCUT2D eigenvalue weighted by Crippen LogP contribution is -1.96. The van der Waals surface area contributed by atoms with E-state index in [0.29, 0.717) is 11.4 Å². The summed E-state index contributed by atoms with van der Waals surface area (Å²) in [6.45, 7) is 3.78. The molecule has 16 heavy (non-hydrogen) atoms. The molecular weight excluding hydrogens is 203 g/mol. The summed E-state index contributed by atoms with van der Waals surface area (Å²) in [5.74, 6) is -0.244. The van der Waals surface area contributed by atoms with Crippen LogP contribution in [0.25, 0.3) is 11.3 Å². The van der Waals surface area contributed by atoms with E-state index in [0.717, 1.165) is 16.7 Å². The summed E-state index contributed by atoms with van der Waals surface area (Å²) >= 11 is 0. The standard InChI is InChI=1S/C13H13FN2/c1-8-5-12(15)13(16-7-8)11-4-3-10(14)6-9(11)2/h3-7H,15H2,1-2H3. The molecule has 0 bridgehead atoms. The van der Waals surface area contributed by atoms with Crippen LogP contribution >= 0.6 is 0 Å². The van der Waals surface area contributed by atoms with E-state index in [2.05, 4.69) is 4.98 Å². The molecule has 1 heterocycles. The molecule has 1 aromatic carbocycles. The fourth-order valence-electron chi connectivity index (χ4n) is 1.71. The number of benzene rings is 1. The highest BCUT2D eigenvalue weighted by Gasteiger charge is 2.07. The van der Waals surface area contributed by atoms with Crippen LogP contribution in [0.15, 0.2) is 30.5 Å². The Balaban J connectivity index is 2.59. The molecule has 2 aromatic rings. The van der Waals surface area contributed by atoms with Crippen molar-refractivity contribution in [3.8, 4) is 11.3 Å². The van der Waals surface area contributed by atoms with Crippen molar-refractivity contribution in [3.63, 3.8) is 0 Å². The number of aryl methyl sites for hydroxylation is 2. The van der Waals surface area contributed by atoms with Gasteiger partial charge in [0.2, 0.25) is 0 Å². The van der Waals surface area contributed by atoms with Crippen molar-refractivity contribution in [2.75, 3.05) is 5.73 Å². The van der Waals surface area contributed by atoms with Crippen LogP contribution in [-0.2, 0) is 0 Å². The van der Waals surface area contributed by atoms with Crippen LogP contribution in [0.3, 0.4) is 0 Å². The molecule has 0 spiro atoms. The summed E-state index contributed by atoms with van der Waals surface area (Å²) in [7, 11) is 0. The summed E-state index contributed by atoms with van der Waals surface area (Å²) in [4.78, 5) is 4.29. The molecule has 0 aliphatic carbocycles. The Bertz CT molecular complexity index is 486. The first-order valence-electron chi connectivity index (χ1n) is 5.06. The lowest BCUT2D eigenvalue weighted by molar-refractivity contribution is 0.627. The smallest absolute Gasteiger partial charge is 0.123 e. The fraction of sp³-hybridized carbons (Fsp3) is 0.154. The zero-order valence-electron chi connectivity index (χ0n) is 9.29. The van der Waals surface area contributed by atoms with Gasteiger partial charge in [0.25, 0.3) is 0 Å². The highest BCUT2D eigenvalue weighted by Crippen LogP contribution is 2.27. The van der Waals surface area contributed by atoms with Gasteiger partial charge in [-0.25, -0.2) is 4.39 Å². The lowest BCUT2D eigenvalue weighted by atomic mass is 10.0. The van der Waals surface area contributed by atoms with E-state index in [9.17, 15) is 4.39 Å². The minimum absolute atomic E-state index is 0.244. The van der Waals surface area contributed by atoms with Crippen molar-refractivity contribution in [1.29, 1.82) is 0 Å². The Morgan fingerprint density at radius 3 is 2.56 bits per heavy atom. The van der Waals surface area contributed by atoms with Crippen molar-refractivity contribution in [3.05, 3.63) is 47.4 Å². The molecule has 0 radical (unpaired) electrons. The van der Waals surface area contributed by atoms with Crippen molar-refractivity contribution in [2.24, 2.45) is 0 Å². The summed E-state index contributed by atoms with van der Waals surface area (Å²) in [6.07, 6.45) is 1.76. The Labute approximate surface area is 93.9 Å². The van der Waals surface area contributed by atoms with Gasteiger partial charge in [0.1, 0.15) is 5.82 Å². The van der Waals surface area contributed by atoms with Gasteiger partial charge in [-0.2, -0.15) is 0 Å². The Kier molecular flexibility index (Phi) is 2.60. The zero-order chi connectivity index (χ0) is 11.7. The van der Waals surface area contributed by atoms with E-state index >= 15 is 0 Å². The Morgan fingerprint density at radius 1 is 1.19 bits per heavy atom. The van der Waals surface area contributed by atoms with Gasteiger partial charge in [0.05, 0.1) is 11.4 Å². The van der Waals surface area contributed by atoms with Crippen LogP contribution in [0.4, 0.5) is 10.1 Å². The largest absolute Gasteiger partial charge is 0.397 e. The molecule has 0 atom stereocenters. The first-order chi connectivity index (χ1) is 7.58. The maximum Gasteiger partial charge on any atom is 0.123 e. The lowest BCUT2D eigenvalue weighted by Gasteiger charge is -2.08. The second-order valence-corrected chi connectivity index (χ2v) is 3.91. The monoisotopic (exact) mass is 216 g/mol. The second kappa shape index (κ2) is 3.93. The van der Waals surface area contributed by atoms with Gasteiger partial charge in [-0.1, -0.05) is 0 Å². The number of nitrogens with two attached hydrogens (primary N) is 1. The number of anilines is 1. The molecule has 0 aliphatic rings. The Hall–Kier alpha value is -1.90. The second-order valence-electron chi connectivity index (χ2n) is 3.91. The Morgan fingerprint density at radius 2 is 1.94 bits per heavy atom. The predicted molar refractivity (Wildman–Crippen MR) is 63.5 cm³/mol. The van der Waals surface area contributed by atoms with E-state index in [4.69, 9.17) is 5.73 Å². The van der Waals surface area contributed by atoms with Crippen LogP contribution in [0.5, 0.6) is 0 Å². The summed E-state index contributed by atoms with van der Waals surface area (Å²) in [5, 5.41) is 0. The number of nitrogens with zero attached hydrogens (tertiary/aromatic N) is 1. The molecule has 0 unspecified atom stereocenters. The minimum atomic E-state index is -0.244. The summed E-state index contributed by atoms with van der Waals surface area (Å²) < 4.78 is 13.0. The molecule has 0 saturated carbocycles. The summed E-state index contributed by atoms with van der Waals surface area (Å²) in [6, 6.07) is 6.48. The first-order valence-corrected chi connectivity index (χ1v) is 5.06. The third-order valence-corrected chi connectivity index (χ3v) is 2.50. The van der Waals surface area contributed by atoms with Gasteiger partial charge in [-0.3, -0.25) is 4.98 Å². The van der Waals surface area contributed by atoms with Gasteiger partial charge in [-0.05, 0) is 49.2 Å². The number of aromatic nitrogens is 1. The molecule has 2 nitrogen and oxygen atoms in total. The van der Waals surface area contributed by atoms with Gasteiger partial charge in [0, 0.05) is 11.8 Å². The average Bonchev–Trinajstić information content (AvgIpc) is 2.19. The van der Waals surface area contributed by atoms with E-state index < -0.39 is 0 Å². The van der Waals surface area contributed by atoms with E-state index in [-0.39, 0.29) is 5.82 Å². The molecule has 2 N–H and O–H groups in total. The van der Waals surface area contributed by atoms with Crippen LogP contribution in [0, 0.1) is 19.7 Å². The number of halogens is 1. The highest BCUT2D eigenvalue weighted by atomic mass is 19.1. The molecule has 2 rings (SSSR count). The third kappa shape index (κ3) is 1.89. The zero-order valence-corrected chi connectivity index (χ0v) is 9.29. The van der Waals surface area contributed by atoms with Crippen molar-refractivity contribution >= 4 is 5.69 Å². The number of pyridine rings is 1. The number of hydrogen-bond acceptors (Lipinski definition) is 2. The molecule has 0 amide bonds. The van der Waals surface area contributed by atoms with Crippen molar-refractivity contribution < 1.29 is 4.39 Å². The van der Waals surface area contributed by atoms with Crippen LogP contribution < -0.4 is 5.73 Å². The molecule has 82 valence electrons. The maximum absolute atomic E-state index is 13.0. The van der Waals surface area contributed by atoms with Gasteiger partial charge >= 0.3 is 0 Å². The SMILES string of the molecule is Cc1cnc(-c2ccc(F)cc2C)c(N)c1. The number of nitrogen functional groups attached to an aromatic ring is 1. The highest BCUT2D eigenvalue weighted by molar-refractivity contribution is 5.74. The van der Waals surface area contributed by atoms with Crippen LogP contribution in [0.2, 0.25) is 0 Å².